The van der Waals surface area contributed by atoms with E-state index in [1.165, 1.54) is 76.2 Å². The van der Waals surface area contributed by atoms with E-state index in [1.807, 2.05) is 6.07 Å². The Balaban J connectivity index is 1.12. The van der Waals surface area contributed by atoms with E-state index >= 15 is 0 Å². The molecule has 12 rings (SSSR count). The summed E-state index contributed by atoms with van der Waals surface area (Å²) in [6.45, 7) is 4.80. The van der Waals surface area contributed by atoms with E-state index in [4.69, 9.17) is 9.97 Å². The van der Waals surface area contributed by atoms with Gasteiger partial charge in [0, 0.05) is 48.5 Å². The van der Waals surface area contributed by atoms with Gasteiger partial charge in [-0.3, -0.25) is 0 Å². The number of nitrogens with zero attached hydrogens (tertiary/aromatic N) is 3. The van der Waals surface area contributed by atoms with Crippen LogP contribution in [0.5, 0.6) is 0 Å². The maximum atomic E-state index is 5.34. The third-order valence-corrected chi connectivity index (χ3v) is 13.1. The van der Waals surface area contributed by atoms with Crippen molar-refractivity contribution in [3.05, 3.63) is 175 Å². The molecular weight excluding hydrogens is 687 g/mol. The van der Waals surface area contributed by atoms with Crippen LogP contribution >= 0.6 is 11.8 Å². The smallest absolute Gasteiger partial charge is 0.160 e. The van der Waals surface area contributed by atoms with E-state index < -0.39 is 0 Å². The Morgan fingerprint density at radius 1 is 0.509 bits per heavy atom. The van der Waals surface area contributed by atoms with Crippen molar-refractivity contribution < 1.29 is 0 Å². The molecule has 0 bridgehead atoms. The number of benzene rings is 8. The summed E-state index contributed by atoms with van der Waals surface area (Å²) >= 11 is 1.79. The number of fused-ring (bicyclic) bond motifs is 10. The highest BCUT2D eigenvalue weighted by molar-refractivity contribution is 8.00. The maximum absolute atomic E-state index is 5.34. The molecule has 8 aromatic carbocycles. The first kappa shape index (κ1) is 30.9. The van der Waals surface area contributed by atoms with Gasteiger partial charge >= 0.3 is 0 Å². The van der Waals surface area contributed by atoms with Crippen molar-refractivity contribution in [3.63, 3.8) is 0 Å². The van der Waals surface area contributed by atoms with Crippen molar-refractivity contribution in [2.24, 2.45) is 0 Å². The Kier molecular flexibility index (Phi) is 6.33. The average molecular weight is 720 g/mol. The molecule has 0 N–H and O–H groups in total. The molecule has 2 aromatic heterocycles. The molecule has 0 spiro atoms. The molecule has 258 valence electrons. The van der Waals surface area contributed by atoms with Gasteiger partial charge in [0.2, 0.25) is 0 Å². The molecule has 2 aliphatic rings. The molecule has 1 aliphatic carbocycles. The Morgan fingerprint density at radius 2 is 1.20 bits per heavy atom. The predicted molar refractivity (Wildman–Crippen MR) is 229 cm³/mol. The lowest BCUT2D eigenvalue weighted by Crippen LogP contribution is -2.15. The fourth-order valence-corrected chi connectivity index (χ4v) is 10.7. The Labute approximate surface area is 323 Å². The van der Waals surface area contributed by atoms with Crippen LogP contribution in [-0.2, 0) is 5.41 Å². The molecule has 3 nitrogen and oxygen atoms in total. The SMILES string of the molecule is CC1(C)c2cc3c(cc2-c2ccc4ccccc4c21)c1ccccc1n3-c1ccc2c3c(cccc13)Sc1c(-c3ccccc3)nc(-c3ccccc3)nc1-2. The highest BCUT2D eigenvalue weighted by Gasteiger charge is 2.38. The average Bonchev–Trinajstić information content (AvgIpc) is 3.68. The van der Waals surface area contributed by atoms with Crippen molar-refractivity contribution in [1.29, 1.82) is 0 Å². The zero-order valence-corrected chi connectivity index (χ0v) is 31.2. The van der Waals surface area contributed by atoms with Crippen molar-refractivity contribution in [1.82, 2.24) is 14.5 Å². The largest absolute Gasteiger partial charge is 0.309 e. The van der Waals surface area contributed by atoms with Gasteiger partial charge < -0.3 is 4.57 Å². The highest BCUT2D eigenvalue weighted by atomic mass is 32.2. The van der Waals surface area contributed by atoms with Gasteiger partial charge in [0.05, 0.1) is 33.0 Å². The number of rotatable bonds is 3. The summed E-state index contributed by atoms with van der Waals surface area (Å²) in [6.07, 6.45) is 0. The summed E-state index contributed by atoms with van der Waals surface area (Å²) in [5, 5.41) is 7.63. The van der Waals surface area contributed by atoms with Crippen molar-refractivity contribution in [3.8, 4) is 50.7 Å². The molecule has 1 aliphatic heterocycles. The second-order valence-corrected chi connectivity index (χ2v) is 16.4. The number of hydrogen-bond acceptors (Lipinski definition) is 3. The summed E-state index contributed by atoms with van der Waals surface area (Å²) < 4.78 is 2.51. The van der Waals surface area contributed by atoms with E-state index in [-0.39, 0.29) is 5.41 Å². The van der Waals surface area contributed by atoms with E-state index in [0.29, 0.717) is 0 Å². The second-order valence-electron chi connectivity index (χ2n) is 15.3. The number of para-hydroxylation sites is 1. The van der Waals surface area contributed by atoms with Crippen molar-refractivity contribution in [2.45, 2.75) is 29.1 Å². The van der Waals surface area contributed by atoms with E-state index in [0.717, 1.165) is 38.8 Å². The minimum atomic E-state index is -0.159. The summed E-state index contributed by atoms with van der Waals surface area (Å²) in [5.74, 6) is 0.739. The first-order valence-electron chi connectivity index (χ1n) is 18.9. The van der Waals surface area contributed by atoms with E-state index in [2.05, 4.69) is 176 Å². The van der Waals surface area contributed by atoms with Crippen LogP contribution in [0.4, 0.5) is 0 Å². The van der Waals surface area contributed by atoms with Crippen LogP contribution < -0.4 is 0 Å². The van der Waals surface area contributed by atoms with Gasteiger partial charge in [-0.05, 0) is 69.4 Å². The lowest BCUT2D eigenvalue weighted by Gasteiger charge is -2.24. The summed E-state index contributed by atoms with van der Waals surface area (Å²) in [4.78, 5) is 12.9. The zero-order chi connectivity index (χ0) is 36.4. The van der Waals surface area contributed by atoms with Crippen LogP contribution in [0.2, 0.25) is 0 Å². The van der Waals surface area contributed by atoms with Crippen molar-refractivity contribution in [2.75, 3.05) is 0 Å². The van der Waals surface area contributed by atoms with Crippen LogP contribution in [-0.4, -0.2) is 14.5 Å². The second kappa shape index (κ2) is 11.3. The molecule has 10 aromatic rings. The van der Waals surface area contributed by atoms with Gasteiger partial charge in [-0.2, -0.15) is 0 Å². The minimum Gasteiger partial charge on any atom is -0.309 e. The van der Waals surface area contributed by atoms with Crippen LogP contribution in [0.1, 0.15) is 25.0 Å². The molecule has 0 amide bonds. The fraction of sp³-hybridized carbons (Fsp3) is 0.0588. The Morgan fingerprint density at radius 3 is 2.04 bits per heavy atom. The summed E-state index contributed by atoms with van der Waals surface area (Å²) in [7, 11) is 0. The molecule has 0 fully saturated rings. The topological polar surface area (TPSA) is 30.7 Å². The van der Waals surface area contributed by atoms with Crippen LogP contribution in [0.15, 0.2) is 174 Å². The monoisotopic (exact) mass is 719 g/mol. The third-order valence-electron chi connectivity index (χ3n) is 12.0. The highest BCUT2D eigenvalue weighted by Crippen LogP contribution is 2.55. The molecule has 0 unspecified atom stereocenters. The fourth-order valence-electron chi connectivity index (χ4n) is 9.50. The molecular formula is C51H33N3S. The molecule has 4 heteroatoms. The van der Waals surface area contributed by atoms with Crippen molar-refractivity contribution >= 4 is 55.1 Å². The lowest BCUT2D eigenvalue weighted by atomic mass is 9.80. The number of aromatic nitrogens is 3. The van der Waals surface area contributed by atoms with Gasteiger partial charge in [-0.15, -0.1) is 0 Å². The maximum Gasteiger partial charge on any atom is 0.160 e. The first-order valence-corrected chi connectivity index (χ1v) is 19.7. The zero-order valence-electron chi connectivity index (χ0n) is 30.3. The van der Waals surface area contributed by atoms with Crippen LogP contribution in [0.25, 0.3) is 94.1 Å². The van der Waals surface area contributed by atoms with Crippen LogP contribution in [0.3, 0.4) is 0 Å². The quantitative estimate of drug-likeness (QED) is 0.182. The molecule has 0 radical (unpaired) electrons. The summed E-state index contributed by atoms with van der Waals surface area (Å²) in [5.41, 5.74) is 14.1. The summed E-state index contributed by atoms with van der Waals surface area (Å²) in [6, 6.07) is 59.6. The van der Waals surface area contributed by atoms with E-state index in [9.17, 15) is 0 Å². The Hall–Kier alpha value is -6.49. The molecule has 55 heavy (non-hydrogen) atoms. The van der Waals surface area contributed by atoms with Gasteiger partial charge in [-0.25, -0.2) is 9.97 Å². The van der Waals surface area contributed by atoms with Gasteiger partial charge in [-0.1, -0.05) is 153 Å². The molecule has 3 heterocycles. The molecule has 0 saturated heterocycles. The lowest BCUT2D eigenvalue weighted by molar-refractivity contribution is 0.667. The van der Waals surface area contributed by atoms with Gasteiger partial charge in [0.25, 0.3) is 0 Å². The predicted octanol–water partition coefficient (Wildman–Crippen LogP) is 13.7. The third kappa shape index (κ3) is 4.29. The normalized spacial score (nSPS) is 13.7. The first-order chi connectivity index (χ1) is 27.0. The standard InChI is InChI=1S/C51H33N3S/c1-51(2)40-29-43-39(28-38(40)35-25-24-30-14-9-10-19-33(30)46(35)51)34-20-11-12-22-41(34)54(43)42-27-26-37-45-36(42)21-13-23-44(45)55-49-47(31-15-5-3-6-16-31)52-50(53-48(37)49)32-17-7-4-8-18-32/h3-29H,1-2H3. The minimum absolute atomic E-state index is 0.159. The number of hydrogen-bond donors (Lipinski definition) is 0. The van der Waals surface area contributed by atoms with Gasteiger partial charge in [0.15, 0.2) is 5.82 Å². The molecule has 0 atom stereocenters. The Bertz CT molecular complexity index is 3250. The van der Waals surface area contributed by atoms with E-state index in [1.54, 1.807) is 11.8 Å². The van der Waals surface area contributed by atoms with Gasteiger partial charge in [0.1, 0.15) is 0 Å². The van der Waals surface area contributed by atoms with Crippen LogP contribution in [0, 0.1) is 0 Å². The molecule has 0 saturated carbocycles.